The lowest BCUT2D eigenvalue weighted by atomic mass is 10.1. The standard InChI is InChI=1S/C21H24N4O3S/c1-4-16-5-7-17(8-6-16)15-25-20(13-14-22-25)23-21(26)18-9-11-19(12-10-18)29(27,28)24(2)3/h5-14H,4,15H2,1-3H3,(H,23,26). The van der Waals surface area contributed by atoms with Crippen LogP contribution in [0.25, 0.3) is 0 Å². The molecule has 0 bridgehead atoms. The van der Waals surface area contributed by atoms with Gasteiger partial charge in [0.15, 0.2) is 0 Å². The molecule has 2 aromatic carbocycles. The number of rotatable bonds is 7. The SMILES string of the molecule is CCc1ccc(Cn2nccc2NC(=O)c2ccc(S(=O)(=O)N(C)C)cc2)cc1. The van der Waals surface area contributed by atoms with Gasteiger partial charge in [-0.3, -0.25) is 4.79 Å². The zero-order valence-corrected chi connectivity index (χ0v) is 17.5. The summed E-state index contributed by atoms with van der Waals surface area (Å²) in [5, 5.41) is 7.12. The van der Waals surface area contributed by atoms with Gasteiger partial charge in [-0.05, 0) is 41.8 Å². The van der Waals surface area contributed by atoms with E-state index in [0.717, 1.165) is 16.3 Å². The molecule has 1 N–H and O–H groups in total. The number of nitrogens with one attached hydrogen (secondary N) is 1. The van der Waals surface area contributed by atoms with Crippen LogP contribution in [-0.2, 0) is 23.0 Å². The molecule has 1 heterocycles. The normalized spacial score (nSPS) is 11.6. The Morgan fingerprint density at radius 1 is 1.00 bits per heavy atom. The number of carbonyl (C=O) groups is 1. The second kappa shape index (κ2) is 8.59. The molecule has 152 valence electrons. The van der Waals surface area contributed by atoms with Crippen LogP contribution >= 0.6 is 0 Å². The van der Waals surface area contributed by atoms with Gasteiger partial charge < -0.3 is 5.32 Å². The Balaban J connectivity index is 1.72. The van der Waals surface area contributed by atoms with Crippen LogP contribution in [0.3, 0.4) is 0 Å². The Morgan fingerprint density at radius 3 is 2.21 bits per heavy atom. The third-order valence-corrected chi connectivity index (χ3v) is 6.45. The summed E-state index contributed by atoms with van der Waals surface area (Å²) < 4.78 is 27.1. The molecular formula is C21H24N4O3S. The van der Waals surface area contributed by atoms with Gasteiger partial charge >= 0.3 is 0 Å². The van der Waals surface area contributed by atoms with E-state index in [1.165, 1.54) is 43.9 Å². The van der Waals surface area contributed by atoms with E-state index in [1.807, 2.05) is 0 Å². The molecule has 29 heavy (non-hydrogen) atoms. The number of aryl methyl sites for hydroxylation is 1. The molecule has 0 atom stereocenters. The molecule has 1 amide bonds. The Hall–Kier alpha value is -2.97. The predicted octanol–water partition coefficient (Wildman–Crippen LogP) is 3.00. The van der Waals surface area contributed by atoms with Gasteiger partial charge in [-0.15, -0.1) is 0 Å². The van der Waals surface area contributed by atoms with Crippen molar-refractivity contribution >= 4 is 21.7 Å². The third-order valence-electron chi connectivity index (χ3n) is 4.62. The first kappa shape index (κ1) is 20.8. The Morgan fingerprint density at radius 2 is 1.62 bits per heavy atom. The lowest BCUT2D eigenvalue weighted by molar-refractivity contribution is 0.102. The van der Waals surface area contributed by atoms with Crippen molar-refractivity contribution in [3.05, 3.63) is 77.5 Å². The van der Waals surface area contributed by atoms with Crippen LogP contribution in [-0.4, -0.2) is 42.5 Å². The lowest BCUT2D eigenvalue weighted by Crippen LogP contribution is -2.22. The van der Waals surface area contributed by atoms with Gasteiger partial charge in [-0.2, -0.15) is 5.10 Å². The molecular weight excluding hydrogens is 388 g/mol. The monoisotopic (exact) mass is 412 g/mol. The molecule has 0 unspecified atom stereocenters. The largest absolute Gasteiger partial charge is 0.307 e. The molecule has 0 spiro atoms. The van der Waals surface area contributed by atoms with Gasteiger partial charge in [-0.1, -0.05) is 31.2 Å². The fourth-order valence-electron chi connectivity index (χ4n) is 2.80. The summed E-state index contributed by atoms with van der Waals surface area (Å²) in [6, 6.07) is 15.8. The van der Waals surface area contributed by atoms with Crippen molar-refractivity contribution in [1.82, 2.24) is 14.1 Å². The Labute approximate surface area is 171 Å². The highest BCUT2D eigenvalue weighted by atomic mass is 32.2. The van der Waals surface area contributed by atoms with Gasteiger partial charge in [0.2, 0.25) is 10.0 Å². The highest BCUT2D eigenvalue weighted by Gasteiger charge is 2.18. The molecule has 0 saturated carbocycles. The van der Waals surface area contributed by atoms with Crippen LogP contribution in [0.15, 0.2) is 65.7 Å². The summed E-state index contributed by atoms with van der Waals surface area (Å²) in [5.74, 6) is 0.237. The molecule has 0 fully saturated rings. The van der Waals surface area contributed by atoms with Gasteiger partial charge in [0.1, 0.15) is 5.82 Å². The zero-order chi connectivity index (χ0) is 21.0. The van der Waals surface area contributed by atoms with E-state index < -0.39 is 10.0 Å². The first-order chi connectivity index (χ1) is 13.8. The van der Waals surface area contributed by atoms with Crippen LogP contribution in [0.1, 0.15) is 28.4 Å². The van der Waals surface area contributed by atoms with Gasteiger partial charge in [0.05, 0.1) is 17.6 Å². The first-order valence-electron chi connectivity index (χ1n) is 9.25. The number of benzene rings is 2. The van der Waals surface area contributed by atoms with E-state index in [-0.39, 0.29) is 10.8 Å². The second-order valence-electron chi connectivity index (χ2n) is 6.81. The summed E-state index contributed by atoms with van der Waals surface area (Å²) >= 11 is 0. The topological polar surface area (TPSA) is 84.3 Å². The van der Waals surface area contributed by atoms with Crippen molar-refractivity contribution < 1.29 is 13.2 Å². The quantitative estimate of drug-likeness (QED) is 0.647. The highest BCUT2D eigenvalue weighted by molar-refractivity contribution is 7.89. The Kier molecular flexibility index (Phi) is 6.14. The van der Waals surface area contributed by atoms with Crippen LogP contribution in [0, 0.1) is 0 Å². The predicted molar refractivity (Wildman–Crippen MR) is 112 cm³/mol. The maximum absolute atomic E-state index is 12.6. The Bertz CT molecular complexity index is 1090. The molecule has 3 aromatic rings. The molecule has 0 aliphatic heterocycles. The van der Waals surface area contributed by atoms with Gasteiger partial charge in [0.25, 0.3) is 5.91 Å². The van der Waals surface area contributed by atoms with Gasteiger partial charge in [0, 0.05) is 25.7 Å². The van der Waals surface area contributed by atoms with E-state index in [2.05, 4.69) is 41.6 Å². The van der Waals surface area contributed by atoms with Crippen LogP contribution in [0.4, 0.5) is 5.82 Å². The van der Waals surface area contributed by atoms with E-state index in [1.54, 1.807) is 16.9 Å². The van der Waals surface area contributed by atoms with Crippen LogP contribution in [0.5, 0.6) is 0 Å². The number of sulfonamides is 1. The van der Waals surface area contributed by atoms with E-state index in [4.69, 9.17) is 0 Å². The molecule has 8 heteroatoms. The summed E-state index contributed by atoms with van der Waals surface area (Å²) in [5.41, 5.74) is 2.71. The molecule has 0 aliphatic rings. The molecule has 3 rings (SSSR count). The number of carbonyl (C=O) groups excluding carboxylic acids is 1. The fourth-order valence-corrected chi connectivity index (χ4v) is 3.70. The smallest absolute Gasteiger partial charge is 0.256 e. The number of aromatic nitrogens is 2. The van der Waals surface area contributed by atoms with Crippen LogP contribution < -0.4 is 5.32 Å². The van der Waals surface area contributed by atoms with Gasteiger partial charge in [-0.25, -0.2) is 17.4 Å². The third kappa shape index (κ3) is 4.72. The van der Waals surface area contributed by atoms with Crippen LogP contribution in [0.2, 0.25) is 0 Å². The molecule has 0 aliphatic carbocycles. The average Bonchev–Trinajstić information content (AvgIpc) is 3.15. The van der Waals surface area contributed by atoms with Crippen molar-refractivity contribution in [3.63, 3.8) is 0 Å². The summed E-state index contributed by atoms with van der Waals surface area (Å²) in [6.07, 6.45) is 2.61. The molecule has 0 saturated heterocycles. The van der Waals surface area contributed by atoms with E-state index in [9.17, 15) is 13.2 Å². The van der Waals surface area contributed by atoms with Crippen molar-refractivity contribution in [1.29, 1.82) is 0 Å². The maximum Gasteiger partial charge on any atom is 0.256 e. The number of nitrogens with zero attached hydrogens (tertiary/aromatic N) is 3. The molecule has 7 nitrogen and oxygen atoms in total. The molecule has 0 radical (unpaired) electrons. The lowest BCUT2D eigenvalue weighted by Gasteiger charge is -2.12. The number of anilines is 1. The minimum atomic E-state index is -3.53. The van der Waals surface area contributed by atoms with E-state index >= 15 is 0 Å². The zero-order valence-electron chi connectivity index (χ0n) is 16.7. The number of amides is 1. The van der Waals surface area contributed by atoms with Crippen molar-refractivity contribution in [2.45, 2.75) is 24.8 Å². The second-order valence-corrected chi connectivity index (χ2v) is 8.96. The highest BCUT2D eigenvalue weighted by Crippen LogP contribution is 2.16. The van der Waals surface area contributed by atoms with Crippen molar-refractivity contribution in [2.75, 3.05) is 19.4 Å². The summed E-state index contributed by atoms with van der Waals surface area (Å²) in [4.78, 5) is 12.7. The first-order valence-corrected chi connectivity index (χ1v) is 10.7. The fraction of sp³-hybridized carbons (Fsp3) is 0.238. The summed E-state index contributed by atoms with van der Waals surface area (Å²) in [6.45, 7) is 2.64. The number of hydrogen-bond acceptors (Lipinski definition) is 4. The van der Waals surface area contributed by atoms with Crippen molar-refractivity contribution in [2.24, 2.45) is 0 Å². The maximum atomic E-state index is 12.6. The molecule has 1 aromatic heterocycles. The number of hydrogen-bond donors (Lipinski definition) is 1. The summed E-state index contributed by atoms with van der Waals surface area (Å²) in [7, 11) is -0.598. The minimum Gasteiger partial charge on any atom is -0.307 e. The van der Waals surface area contributed by atoms with E-state index in [0.29, 0.717) is 17.9 Å². The van der Waals surface area contributed by atoms with Crippen molar-refractivity contribution in [3.8, 4) is 0 Å². The average molecular weight is 413 g/mol. The minimum absolute atomic E-state index is 0.139.